The van der Waals surface area contributed by atoms with E-state index in [1.54, 1.807) is 0 Å². The van der Waals surface area contributed by atoms with Crippen LogP contribution in [0.5, 0.6) is 0 Å². The normalized spacial score (nSPS) is 17.0. The number of amides is 1. The van der Waals surface area contributed by atoms with Crippen LogP contribution in [0.4, 0.5) is 14.5 Å². The number of nitrogens with one attached hydrogen (secondary N) is 2. The SMILES string of the molecule is O=C(Nc1ccc(F)cc1F)c1ccc(S(=O)(=O)NCC2CCCO2)cc1. The molecule has 1 aliphatic heterocycles. The maximum absolute atomic E-state index is 13.6. The minimum Gasteiger partial charge on any atom is -0.377 e. The van der Waals surface area contributed by atoms with Gasteiger partial charge in [-0.1, -0.05) is 0 Å². The second kappa shape index (κ2) is 8.12. The fourth-order valence-electron chi connectivity index (χ4n) is 2.66. The Kier molecular flexibility index (Phi) is 5.83. The van der Waals surface area contributed by atoms with E-state index in [1.165, 1.54) is 24.3 Å². The first-order valence-corrected chi connectivity index (χ1v) is 9.81. The first-order valence-electron chi connectivity index (χ1n) is 8.33. The largest absolute Gasteiger partial charge is 0.377 e. The first kappa shape index (κ1) is 19.4. The Balaban J connectivity index is 1.65. The smallest absolute Gasteiger partial charge is 0.255 e. The number of carbonyl (C=O) groups excluding carboxylic acids is 1. The summed E-state index contributed by atoms with van der Waals surface area (Å²) in [5.74, 6) is -2.30. The Morgan fingerprint density at radius 1 is 1.15 bits per heavy atom. The van der Waals surface area contributed by atoms with Gasteiger partial charge in [-0.25, -0.2) is 21.9 Å². The zero-order chi connectivity index (χ0) is 19.4. The molecule has 1 saturated heterocycles. The molecule has 0 aliphatic carbocycles. The van der Waals surface area contributed by atoms with Crippen molar-refractivity contribution in [1.82, 2.24) is 4.72 Å². The van der Waals surface area contributed by atoms with Crippen molar-refractivity contribution in [3.05, 3.63) is 59.7 Å². The van der Waals surface area contributed by atoms with Gasteiger partial charge in [0.1, 0.15) is 11.6 Å². The van der Waals surface area contributed by atoms with Crippen LogP contribution < -0.4 is 10.0 Å². The molecule has 0 radical (unpaired) electrons. The molecule has 2 aromatic carbocycles. The molecular weight excluding hydrogens is 378 g/mol. The molecule has 1 aliphatic rings. The van der Waals surface area contributed by atoms with E-state index < -0.39 is 27.6 Å². The number of rotatable bonds is 6. The van der Waals surface area contributed by atoms with Gasteiger partial charge in [0.15, 0.2) is 0 Å². The molecule has 6 nitrogen and oxygen atoms in total. The summed E-state index contributed by atoms with van der Waals surface area (Å²) in [6, 6.07) is 7.99. The molecule has 0 spiro atoms. The molecule has 3 rings (SSSR count). The van der Waals surface area contributed by atoms with Gasteiger partial charge in [0.25, 0.3) is 5.91 Å². The highest BCUT2D eigenvalue weighted by Gasteiger charge is 2.20. The summed E-state index contributed by atoms with van der Waals surface area (Å²) in [6.07, 6.45) is 1.59. The predicted molar refractivity (Wildman–Crippen MR) is 94.9 cm³/mol. The number of hydrogen-bond donors (Lipinski definition) is 2. The molecule has 27 heavy (non-hydrogen) atoms. The quantitative estimate of drug-likeness (QED) is 0.786. The molecule has 1 amide bonds. The molecule has 1 atom stereocenters. The van der Waals surface area contributed by atoms with Crippen molar-refractivity contribution in [2.75, 3.05) is 18.5 Å². The van der Waals surface area contributed by atoms with Gasteiger partial charge in [0.05, 0.1) is 16.7 Å². The van der Waals surface area contributed by atoms with Crippen molar-refractivity contribution in [1.29, 1.82) is 0 Å². The third kappa shape index (κ3) is 4.88. The topological polar surface area (TPSA) is 84.5 Å². The standard InChI is InChI=1S/C18H18F2N2O4S/c19-13-5-8-17(16(20)10-13)22-18(23)12-3-6-15(7-4-12)27(24,25)21-11-14-2-1-9-26-14/h3-8,10,14,21H,1-2,9,11H2,(H,22,23). The lowest BCUT2D eigenvalue weighted by Crippen LogP contribution is -2.31. The van der Waals surface area contributed by atoms with Crippen LogP contribution in [0, 0.1) is 11.6 Å². The number of carbonyl (C=O) groups is 1. The van der Waals surface area contributed by atoms with Gasteiger partial charge in [-0.05, 0) is 49.2 Å². The fourth-order valence-corrected chi connectivity index (χ4v) is 3.73. The molecule has 0 bridgehead atoms. The number of sulfonamides is 1. The lowest BCUT2D eigenvalue weighted by molar-refractivity contribution is 0.102. The maximum Gasteiger partial charge on any atom is 0.255 e. The summed E-state index contributed by atoms with van der Waals surface area (Å²) in [4.78, 5) is 12.2. The zero-order valence-electron chi connectivity index (χ0n) is 14.2. The van der Waals surface area contributed by atoms with Crippen LogP contribution in [0.25, 0.3) is 0 Å². The average Bonchev–Trinajstić information content (AvgIpc) is 3.16. The minimum atomic E-state index is -3.72. The van der Waals surface area contributed by atoms with Gasteiger partial charge in [-0.15, -0.1) is 0 Å². The van der Waals surface area contributed by atoms with Gasteiger partial charge in [0, 0.05) is 24.8 Å². The predicted octanol–water partition coefficient (Wildman–Crippen LogP) is 2.67. The molecule has 9 heteroatoms. The van der Waals surface area contributed by atoms with Crippen LogP contribution in [-0.4, -0.2) is 33.6 Å². The van der Waals surface area contributed by atoms with Gasteiger partial charge >= 0.3 is 0 Å². The molecular formula is C18H18F2N2O4S. The molecule has 1 heterocycles. The second-order valence-corrected chi connectivity index (χ2v) is 7.86. The highest BCUT2D eigenvalue weighted by Crippen LogP contribution is 2.18. The molecule has 2 aromatic rings. The third-order valence-electron chi connectivity index (χ3n) is 4.13. The highest BCUT2D eigenvalue weighted by atomic mass is 32.2. The van der Waals surface area contributed by atoms with Crippen molar-refractivity contribution in [3.8, 4) is 0 Å². The lowest BCUT2D eigenvalue weighted by atomic mass is 10.2. The maximum atomic E-state index is 13.6. The van der Waals surface area contributed by atoms with Gasteiger partial charge in [0.2, 0.25) is 10.0 Å². The van der Waals surface area contributed by atoms with E-state index in [0.717, 1.165) is 25.0 Å². The Morgan fingerprint density at radius 3 is 2.52 bits per heavy atom. The van der Waals surface area contributed by atoms with Crippen molar-refractivity contribution in [2.45, 2.75) is 23.8 Å². The summed E-state index contributed by atoms with van der Waals surface area (Å²) in [5, 5.41) is 2.31. The summed E-state index contributed by atoms with van der Waals surface area (Å²) in [6.45, 7) is 0.819. The Bertz CT molecular complexity index is 927. The third-order valence-corrected chi connectivity index (χ3v) is 5.57. The van der Waals surface area contributed by atoms with E-state index >= 15 is 0 Å². The monoisotopic (exact) mass is 396 g/mol. The summed E-state index contributed by atoms with van der Waals surface area (Å²) in [7, 11) is -3.72. The second-order valence-electron chi connectivity index (χ2n) is 6.09. The summed E-state index contributed by atoms with van der Waals surface area (Å²) < 4.78 is 58.9. The molecule has 144 valence electrons. The van der Waals surface area contributed by atoms with E-state index in [2.05, 4.69) is 10.0 Å². The highest BCUT2D eigenvalue weighted by molar-refractivity contribution is 7.89. The average molecular weight is 396 g/mol. The van der Waals surface area contributed by atoms with Crippen molar-refractivity contribution >= 4 is 21.6 Å². The molecule has 1 fully saturated rings. The number of halogens is 2. The van der Waals surface area contributed by atoms with E-state index in [-0.39, 0.29) is 28.8 Å². The summed E-state index contributed by atoms with van der Waals surface area (Å²) >= 11 is 0. The van der Waals surface area contributed by atoms with Crippen LogP contribution in [0.3, 0.4) is 0 Å². The van der Waals surface area contributed by atoms with Crippen molar-refractivity contribution < 1.29 is 26.7 Å². The van der Waals surface area contributed by atoms with Gasteiger partial charge in [-0.3, -0.25) is 4.79 Å². The van der Waals surface area contributed by atoms with Crippen molar-refractivity contribution in [2.24, 2.45) is 0 Å². The van der Waals surface area contributed by atoms with E-state index in [0.29, 0.717) is 12.7 Å². The first-order chi connectivity index (χ1) is 12.8. The van der Waals surface area contributed by atoms with Gasteiger partial charge in [-0.2, -0.15) is 0 Å². The molecule has 0 aromatic heterocycles. The molecule has 1 unspecified atom stereocenters. The summed E-state index contributed by atoms with van der Waals surface area (Å²) in [5.41, 5.74) is -0.0341. The fraction of sp³-hybridized carbons (Fsp3) is 0.278. The number of ether oxygens (including phenoxy) is 1. The Hall–Kier alpha value is -2.36. The van der Waals surface area contributed by atoms with E-state index in [1.807, 2.05) is 0 Å². The minimum absolute atomic E-state index is 0.00464. The van der Waals surface area contributed by atoms with Crippen LogP contribution in [0.1, 0.15) is 23.2 Å². The van der Waals surface area contributed by atoms with Crippen molar-refractivity contribution in [3.63, 3.8) is 0 Å². The number of benzene rings is 2. The Labute approximate surface area is 155 Å². The van der Waals surface area contributed by atoms with Crippen LogP contribution in [0.2, 0.25) is 0 Å². The van der Waals surface area contributed by atoms with Crippen LogP contribution in [0.15, 0.2) is 47.4 Å². The molecule has 2 N–H and O–H groups in total. The van der Waals surface area contributed by atoms with E-state index in [9.17, 15) is 22.0 Å². The number of hydrogen-bond acceptors (Lipinski definition) is 4. The Morgan fingerprint density at radius 2 is 1.89 bits per heavy atom. The van der Waals surface area contributed by atoms with Crippen LogP contribution >= 0.6 is 0 Å². The number of anilines is 1. The zero-order valence-corrected chi connectivity index (χ0v) is 15.1. The van der Waals surface area contributed by atoms with Crippen LogP contribution in [-0.2, 0) is 14.8 Å². The molecule has 0 saturated carbocycles. The lowest BCUT2D eigenvalue weighted by Gasteiger charge is -2.12. The van der Waals surface area contributed by atoms with E-state index in [4.69, 9.17) is 4.74 Å². The van der Waals surface area contributed by atoms with Gasteiger partial charge < -0.3 is 10.1 Å².